The van der Waals surface area contributed by atoms with Gasteiger partial charge in [-0.1, -0.05) is 6.08 Å². The summed E-state index contributed by atoms with van der Waals surface area (Å²) >= 11 is 0. The van der Waals surface area contributed by atoms with Gasteiger partial charge >= 0.3 is 6.61 Å². The van der Waals surface area contributed by atoms with Gasteiger partial charge in [-0.2, -0.15) is 19.0 Å². The van der Waals surface area contributed by atoms with Crippen molar-refractivity contribution in [2.24, 2.45) is 0 Å². The van der Waals surface area contributed by atoms with Crippen molar-refractivity contribution >= 4 is 26.8 Å². The Morgan fingerprint density at radius 3 is 2.38 bits per heavy atom. The Labute approximate surface area is 190 Å². The number of nitriles is 1. The van der Waals surface area contributed by atoms with Crippen LogP contribution in [0, 0.1) is 11.3 Å². The number of hydrogen-bond donors (Lipinski definition) is 1. The van der Waals surface area contributed by atoms with E-state index in [1.54, 1.807) is 18.2 Å². The molecule has 176 valence electrons. The van der Waals surface area contributed by atoms with Crippen molar-refractivity contribution < 1.29 is 30.7 Å². The number of nitrogens with zero attached hydrogens (tertiary/aromatic N) is 5. The Bertz CT molecular complexity index is 1440. The Hall–Kier alpha value is -3.83. The molecule has 3 heterocycles. The highest BCUT2D eigenvalue weighted by Gasteiger charge is 2.26. The number of ether oxygens (including phenoxy) is 1. The first-order valence-corrected chi connectivity index (χ1v) is 11.0. The summed E-state index contributed by atoms with van der Waals surface area (Å²) in [5.41, 5.74) is 0.864. The summed E-state index contributed by atoms with van der Waals surface area (Å²) < 4.78 is 83.2. The number of pyridine rings is 1. The van der Waals surface area contributed by atoms with E-state index in [1.807, 2.05) is 10.8 Å². The standard InChI is InChI=1S/C20H14F4N6O3S/c21-6-11(7-22)29-34(31,32)13-9-26-18(27-10-13)17-15(8-25)14-4-5-16(33-20(23)24)28-19(14)30(17)12-2-1-3-12/h1-5,9-11,20,29H,6-7H2. The largest absolute Gasteiger partial charge is 0.417 e. The summed E-state index contributed by atoms with van der Waals surface area (Å²) in [6.45, 7) is -5.59. The Morgan fingerprint density at radius 1 is 1.18 bits per heavy atom. The lowest BCUT2D eigenvalue weighted by molar-refractivity contribution is -0.0526. The Morgan fingerprint density at radius 2 is 1.85 bits per heavy atom. The molecule has 14 heteroatoms. The molecule has 0 amide bonds. The van der Waals surface area contributed by atoms with Gasteiger partial charge in [0, 0.05) is 17.1 Å². The minimum atomic E-state index is -4.31. The van der Waals surface area contributed by atoms with Gasteiger partial charge < -0.3 is 4.74 Å². The van der Waals surface area contributed by atoms with E-state index in [4.69, 9.17) is 0 Å². The third-order valence-electron chi connectivity index (χ3n) is 4.75. The lowest BCUT2D eigenvalue weighted by Gasteiger charge is -2.15. The third kappa shape index (κ3) is 4.22. The van der Waals surface area contributed by atoms with Gasteiger partial charge in [0.05, 0.1) is 24.0 Å². The number of nitrogens with one attached hydrogen (secondary N) is 1. The first kappa shape index (κ1) is 23.3. The van der Waals surface area contributed by atoms with Gasteiger partial charge in [-0.05, 0) is 18.2 Å². The number of aromatic nitrogens is 4. The van der Waals surface area contributed by atoms with Crippen LogP contribution >= 0.6 is 0 Å². The van der Waals surface area contributed by atoms with Crippen molar-refractivity contribution in [3.8, 4) is 23.5 Å². The molecule has 0 atom stereocenters. The molecule has 3 aromatic rings. The van der Waals surface area contributed by atoms with E-state index in [2.05, 4.69) is 19.7 Å². The molecule has 0 aliphatic heterocycles. The van der Waals surface area contributed by atoms with Crippen molar-refractivity contribution in [2.45, 2.75) is 17.5 Å². The normalized spacial score (nSPS) is 13.3. The summed E-state index contributed by atoms with van der Waals surface area (Å²) in [4.78, 5) is 11.7. The monoisotopic (exact) mass is 494 g/mol. The van der Waals surface area contributed by atoms with E-state index in [1.165, 1.54) is 16.7 Å². The second-order valence-corrected chi connectivity index (χ2v) is 8.60. The number of allylic oxidation sites excluding steroid dienone is 4. The smallest absolute Gasteiger partial charge is 0.388 e. The molecule has 0 unspecified atom stereocenters. The maximum atomic E-state index is 12.7. The summed E-state index contributed by atoms with van der Waals surface area (Å²) in [5, 5.41) is 10.1. The first-order valence-electron chi connectivity index (χ1n) is 9.54. The number of rotatable bonds is 9. The molecule has 0 saturated heterocycles. The van der Waals surface area contributed by atoms with E-state index in [0.717, 1.165) is 12.4 Å². The van der Waals surface area contributed by atoms with E-state index >= 15 is 0 Å². The van der Waals surface area contributed by atoms with E-state index in [0.29, 0.717) is 11.1 Å². The number of fused-ring (bicyclic) bond motifs is 1. The predicted molar refractivity (Wildman–Crippen MR) is 112 cm³/mol. The molecular weight excluding hydrogens is 480 g/mol. The van der Waals surface area contributed by atoms with E-state index < -0.39 is 40.9 Å². The molecule has 1 N–H and O–H groups in total. The zero-order valence-corrected chi connectivity index (χ0v) is 17.8. The van der Waals surface area contributed by atoms with Gasteiger partial charge in [0.15, 0.2) is 11.5 Å². The maximum absolute atomic E-state index is 12.7. The molecule has 0 spiro atoms. The second-order valence-electron chi connectivity index (χ2n) is 6.89. The zero-order chi connectivity index (χ0) is 24.5. The summed E-state index contributed by atoms with van der Waals surface area (Å²) in [5.74, 6) is -0.441. The van der Waals surface area contributed by atoms with Crippen LogP contribution < -0.4 is 9.46 Å². The van der Waals surface area contributed by atoms with E-state index in [9.17, 15) is 31.2 Å². The van der Waals surface area contributed by atoms with Crippen LogP contribution in [-0.2, 0) is 10.0 Å². The Kier molecular flexibility index (Phi) is 6.31. The molecule has 0 aromatic carbocycles. The number of hydrogen-bond acceptors (Lipinski definition) is 7. The van der Waals surface area contributed by atoms with Gasteiger partial charge in [-0.25, -0.2) is 31.9 Å². The fraction of sp³-hybridized carbons (Fsp3) is 0.200. The third-order valence-corrected chi connectivity index (χ3v) is 6.22. The highest BCUT2D eigenvalue weighted by molar-refractivity contribution is 7.89. The maximum Gasteiger partial charge on any atom is 0.388 e. The average Bonchev–Trinajstić information content (AvgIpc) is 3.09. The van der Waals surface area contributed by atoms with Crippen LogP contribution in [0.2, 0.25) is 0 Å². The fourth-order valence-electron chi connectivity index (χ4n) is 3.18. The van der Waals surface area contributed by atoms with Crippen molar-refractivity contribution in [1.29, 1.82) is 5.26 Å². The van der Waals surface area contributed by atoms with Crippen LogP contribution in [-0.4, -0.2) is 53.9 Å². The number of alkyl halides is 4. The SMILES string of the molecule is N#Cc1c(-c2ncc(S(=O)(=O)NC(CF)CF)cn2)n(C2=CC=C2)c2nc(OC(F)F)ccc12. The van der Waals surface area contributed by atoms with Gasteiger partial charge in [-0.15, -0.1) is 0 Å². The van der Waals surface area contributed by atoms with Crippen molar-refractivity contribution in [1.82, 2.24) is 24.2 Å². The molecule has 1 aliphatic rings. The summed E-state index contributed by atoms with van der Waals surface area (Å²) in [7, 11) is -4.31. The Balaban J connectivity index is 1.83. The minimum Gasteiger partial charge on any atom is -0.417 e. The molecule has 0 radical (unpaired) electrons. The molecule has 0 fully saturated rings. The molecule has 0 saturated carbocycles. The van der Waals surface area contributed by atoms with Crippen molar-refractivity contribution in [3.63, 3.8) is 0 Å². The van der Waals surface area contributed by atoms with Gasteiger partial charge in [0.25, 0.3) is 0 Å². The number of halogens is 4. The second kappa shape index (κ2) is 9.20. The van der Waals surface area contributed by atoms with Crippen LogP contribution in [0.15, 0.2) is 47.6 Å². The fourth-order valence-corrected chi connectivity index (χ4v) is 4.26. The lowest BCUT2D eigenvalue weighted by Crippen LogP contribution is -2.38. The molecule has 4 rings (SSSR count). The van der Waals surface area contributed by atoms with Crippen LogP contribution in [0.25, 0.3) is 28.2 Å². The van der Waals surface area contributed by atoms with Gasteiger partial charge in [-0.3, -0.25) is 4.57 Å². The average molecular weight is 494 g/mol. The van der Waals surface area contributed by atoms with Crippen LogP contribution in [0.5, 0.6) is 5.88 Å². The highest BCUT2D eigenvalue weighted by atomic mass is 32.2. The van der Waals surface area contributed by atoms with Crippen LogP contribution in [0.4, 0.5) is 17.6 Å². The van der Waals surface area contributed by atoms with Gasteiger partial charge in [0.1, 0.15) is 30.0 Å². The molecule has 9 nitrogen and oxygen atoms in total. The minimum absolute atomic E-state index is 0.0657. The number of sulfonamides is 1. The predicted octanol–water partition coefficient (Wildman–Crippen LogP) is 2.96. The lowest BCUT2D eigenvalue weighted by atomic mass is 10.1. The highest BCUT2D eigenvalue weighted by Crippen LogP contribution is 2.36. The van der Waals surface area contributed by atoms with Crippen molar-refractivity contribution in [2.75, 3.05) is 13.3 Å². The molecular formula is C20H14F4N6O3S. The zero-order valence-electron chi connectivity index (χ0n) is 17.0. The van der Waals surface area contributed by atoms with Gasteiger partial charge in [0.2, 0.25) is 15.9 Å². The summed E-state index contributed by atoms with van der Waals surface area (Å²) in [6.07, 6.45) is 6.88. The summed E-state index contributed by atoms with van der Waals surface area (Å²) in [6, 6.07) is 3.03. The first-order chi connectivity index (χ1) is 16.3. The van der Waals surface area contributed by atoms with E-state index in [-0.39, 0.29) is 28.6 Å². The molecule has 34 heavy (non-hydrogen) atoms. The van der Waals surface area contributed by atoms with Crippen molar-refractivity contribution in [3.05, 3.63) is 48.3 Å². The molecule has 1 aliphatic carbocycles. The van der Waals surface area contributed by atoms with Crippen LogP contribution in [0.1, 0.15) is 5.56 Å². The molecule has 3 aromatic heterocycles. The quantitative estimate of drug-likeness (QED) is 0.454. The van der Waals surface area contributed by atoms with Crippen LogP contribution in [0.3, 0.4) is 0 Å². The topological polar surface area (TPSA) is 123 Å². The molecule has 0 bridgehead atoms.